The Morgan fingerprint density at radius 2 is 2.28 bits per heavy atom. The molecule has 2 aromatic rings. The monoisotopic (exact) mass is 280 g/mol. The highest BCUT2D eigenvalue weighted by Gasteiger charge is 2.29. The van der Waals surface area contributed by atoms with E-state index in [1.54, 1.807) is 17.5 Å². The van der Waals surface area contributed by atoms with Crippen LogP contribution in [0.2, 0.25) is 0 Å². The molecule has 0 spiro atoms. The van der Waals surface area contributed by atoms with Crippen LogP contribution in [-0.4, -0.2) is 10.9 Å². The average Bonchev–Trinajstić information content (AvgIpc) is 2.99. The van der Waals surface area contributed by atoms with Gasteiger partial charge >= 0.3 is 0 Å². The van der Waals surface area contributed by atoms with Crippen molar-refractivity contribution < 1.29 is 4.79 Å². The first-order valence-electron chi connectivity index (χ1n) is 5.84. The number of amides is 1. The fourth-order valence-corrected chi connectivity index (χ4v) is 3.25. The molecular formula is C13H16N2OS2. The number of hydrogen-bond acceptors (Lipinski definition) is 4. The molecule has 0 bridgehead atoms. The Morgan fingerprint density at radius 1 is 1.50 bits per heavy atom. The molecule has 0 aromatic carbocycles. The van der Waals surface area contributed by atoms with Crippen LogP contribution in [0.15, 0.2) is 23.7 Å². The fourth-order valence-electron chi connectivity index (χ4n) is 1.66. The zero-order valence-corrected chi connectivity index (χ0v) is 12.3. The summed E-state index contributed by atoms with van der Waals surface area (Å²) in [7, 11) is 0. The van der Waals surface area contributed by atoms with Gasteiger partial charge in [0.15, 0.2) is 0 Å². The third-order valence-corrected chi connectivity index (χ3v) is 5.00. The van der Waals surface area contributed by atoms with Crippen LogP contribution >= 0.6 is 22.7 Å². The largest absolute Gasteiger partial charge is 0.340 e. The maximum atomic E-state index is 12.2. The predicted octanol–water partition coefficient (Wildman–Crippen LogP) is 3.57. The van der Waals surface area contributed by atoms with Crippen molar-refractivity contribution in [2.45, 2.75) is 32.7 Å². The van der Waals surface area contributed by atoms with E-state index in [9.17, 15) is 4.79 Å². The van der Waals surface area contributed by atoms with Crippen molar-refractivity contribution in [1.29, 1.82) is 0 Å². The lowest BCUT2D eigenvalue weighted by atomic mass is 10.00. The van der Waals surface area contributed by atoms with Crippen LogP contribution in [0, 0.1) is 6.92 Å². The number of nitrogens with one attached hydrogen (secondary N) is 1. The first kappa shape index (κ1) is 13.2. The predicted molar refractivity (Wildman–Crippen MR) is 76.3 cm³/mol. The van der Waals surface area contributed by atoms with E-state index in [2.05, 4.69) is 17.2 Å². The summed E-state index contributed by atoms with van der Waals surface area (Å²) in [4.78, 5) is 18.4. The minimum absolute atomic E-state index is 0.0207. The number of hydrogen-bond donors (Lipinski definition) is 1. The maximum absolute atomic E-state index is 12.2. The van der Waals surface area contributed by atoms with E-state index in [1.807, 2.05) is 31.4 Å². The molecule has 18 heavy (non-hydrogen) atoms. The highest BCUT2D eigenvalue weighted by atomic mass is 32.1. The van der Waals surface area contributed by atoms with Crippen molar-refractivity contribution in [3.05, 3.63) is 38.5 Å². The summed E-state index contributed by atoms with van der Waals surface area (Å²) in [5.74, 6) is -0.0207. The third kappa shape index (κ3) is 2.62. The number of aryl methyl sites for hydroxylation is 1. The normalized spacial score (nSPS) is 14.2. The van der Waals surface area contributed by atoms with Crippen LogP contribution in [0.4, 0.5) is 0 Å². The lowest BCUT2D eigenvalue weighted by molar-refractivity contribution is 0.0906. The van der Waals surface area contributed by atoms with Crippen LogP contribution in [0.1, 0.15) is 39.8 Å². The van der Waals surface area contributed by atoms with E-state index >= 15 is 0 Å². The van der Waals surface area contributed by atoms with Gasteiger partial charge in [-0.1, -0.05) is 6.92 Å². The van der Waals surface area contributed by atoms with Gasteiger partial charge < -0.3 is 5.32 Å². The summed E-state index contributed by atoms with van der Waals surface area (Å²) in [5, 5.41) is 5.98. The lowest BCUT2D eigenvalue weighted by Crippen LogP contribution is -2.42. The molecule has 1 atom stereocenters. The minimum atomic E-state index is -0.386. The summed E-state index contributed by atoms with van der Waals surface area (Å²) in [6.45, 7) is 6.08. The quantitative estimate of drug-likeness (QED) is 0.930. The Labute approximate surface area is 115 Å². The second-order valence-corrected chi connectivity index (χ2v) is 6.57. The Bertz CT molecular complexity index is 533. The van der Waals surface area contributed by atoms with Crippen LogP contribution < -0.4 is 5.32 Å². The van der Waals surface area contributed by atoms with Crippen LogP contribution in [0.3, 0.4) is 0 Å². The molecule has 0 saturated heterocycles. The summed E-state index contributed by atoms with van der Waals surface area (Å²) < 4.78 is 0. The molecule has 2 heterocycles. The van der Waals surface area contributed by atoms with Gasteiger partial charge in [-0.3, -0.25) is 4.79 Å². The highest BCUT2D eigenvalue weighted by Crippen LogP contribution is 2.27. The summed E-state index contributed by atoms with van der Waals surface area (Å²) >= 11 is 3.09. The smallest absolute Gasteiger partial charge is 0.262 e. The molecule has 96 valence electrons. The van der Waals surface area contributed by atoms with E-state index in [0.717, 1.165) is 21.2 Å². The first-order chi connectivity index (χ1) is 8.55. The molecule has 0 unspecified atom stereocenters. The zero-order valence-electron chi connectivity index (χ0n) is 10.7. The fraction of sp³-hybridized carbons (Fsp3) is 0.385. The number of thiazole rings is 1. The van der Waals surface area contributed by atoms with Gasteiger partial charge in [0.25, 0.3) is 5.91 Å². The van der Waals surface area contributed by atoms with Crippen LogP contribution in [0.5, 0.6) is 0 Å². The van der Waals surface area contributed by atoms with Crippen molar-refractivity contribution >= 4 is 28.6 Å². The zero-order chi connectivity index (χ0) is 13.2. The van der Waals surface area contributed by atoms with Gasteiger partial charge in [0.1, 0.15) is 5.01 Å². The Balaban J connectivity index is 2.19. The Hall–Kier alpha value is -1.20. The standard InChI is InChI=1S/C13H16N2OS2/c1-4-13(3,12-14-7-8-17-12)15-11(16)10-6-5-9(2)18-10/h5-8H,4H2,1-3H3,(H,15,16)/t13-/m0/s1. The van der Waals surface area contributed by atoms with Gasteiger partial charge in [-0.05, 0) is 32.4 Å². The molecule has 0 saturated carbocycles. The first-order valence-corrected chi connectivity index (χ1v) is 7.53. The molecule has 0 aliphatic heterocycles. The highest BCUT2D eigenvalue weighted by molar-refractivity contribution is 7.14. The maximum Gasteiger partial charge on any atom is 0.262 e. The van der Waals surface area contributed by atoms with Crippen molar-refractivity contribution in [2.24, 2.45) is 0 Å². The molecule has 0 fully saturated rings. The molecule has 1 N–H and O–H groups in total. The Kier molecular flexibility index (Phi) is 3.82. The van der Waals surface area contributed by atoms with Gasteiger partial charge in [-0.25, -0.2) is 4.98 Å². The number of aromatic nitrogens is 1. The van der Waals surface area contributed by atoms with Crippen LogP contribution in [-0.2, 0) is 5.54 Å². The molecule has 0 aliphatic carbocycles. The minimum Gasteiger partial charge on any atom is -0.340 e. The van der Waals surface area contributed by atoms with Gasteiger partial charge in [0, 0.05) is 16.5 Å². The number of rotatable bonds is 4. The molecule has 1 amide bonds. The second-order valence-electron chi connectivity index (χ2n) is 4.39. The number of carbonyl (C=O) groups is 1. The number of thiophene rings is 1. The lowest BCUT2D eigenvalue weighted by Gasteiger charge is -2.27. The van der Waals surface area contributed by atoms with Crippen LogP contribution in [0.25, 0.3) is 0 Å². The van der Waals surface area contributed by atoms with Crippen molar-refractivity contribution in [3.63, 3.8) is 0 Å². The van der Waals surface area contributed by atoms with Gasteiger partial charge in [-0.2, -0.15) is 0 Å². The van der Waals surface area contributed by atoms with Crippen molar-refractivity contribution in [2.75, 3.05) is 0 Å². The average molecular weight is 280 g/mol. The molecule has 3 nitrogen and oxygen atoms in total. The van der Waals surface area contributed by atoms with Gasteiger partial charge in [0.2, 0.25) is 0 Å². The number of nitrogens with zero attached hydrogens (tertiary/aromatic N) is 1. The number of carbonyl (C=O) groups excluding carboxylic acids is 1. The Morgan fingerprint density at radius 3 is 2.78 bits per heavy atom. The van der Waals surface area contributed by atoms with Crippen molar-refractivity contribution in [3.8, 4) is 0 Å². The van der Waals surface area contributed by atoms with E-state index in [4.69, 9.17) is 0 Å². The molecule has 2 aromatic heterocycles. The van der Waals surface area contributed by atoms with Gasteiger partial charge in [0.05, 0.1) is 10.4 Å². The van der Waals surface area contributed by atoms with Gasteiger partial charge in [-0.15, -0.1) is 22.7 Å². The summed E-state index contributed by atoms with van der Waals surface area (Å²) in [6.07, 6.45) is 2.59. The summed E-state index contributed by atoms with van der Waals surface area (Å²) in [6, 6.07) is 3.83. The second kappa shape index (κ2) is 5.20. The van der Waals surface area contributed by atoms with Crippen molar-refractivity contribution in [1.82, 2.24) is 10.3 Å². The summed E-state index contributed by atoms with van der Waals surface area (Å²) in [5.41, 5.74) is -0.386. The molecular weight excluding hydrogens is 264 g/mol. The molecule has 2 rings (SSSR count). The molecule has 0 aliphatic rings. The van der Waals surface area contributed by atoms with E-state index < -0.39 is 0 Å². The molecule has 5 heteroatoms. The molecule has 0 radical (unpaired) electrons. The van der Waals surface area contributed by atoms with E-state index in [0.29, 0.717) is 0 Å². The SMILES string of the molecule is CC[C@](C)(NC(=O)c1ccc(C)s1)c1nccs1. The topological polar surface area (TPSA) is 42.0 Å². The van der Waals surface area contributed by atoms with E-state index in [-0.39, 0.29) is 11.4 Å². The third-order valence-electron chi connectivity index (χ3n) is 2.97. The van der Waals surface area contributed by atoms with E-state index in [1.165, 1.54) is 11.3 Å².